The van der Waals surface area contributed by atoms with E-state index < -0.39 is 10.0 Å². The van der Waals surface area contributed by atoms with Gasteiger partial charge in [-0.15, -0.1) is 10.2 Å². The third-order valence-corrected chi connectivity index (χ3v) is 7.02. The van der Waals surface area contributed by atoms with Gasteiger partial charge in [-0.3, -0.25) is 0 Å². The van der Waals surface area contributed by atoms with Gasteiger partial charge in [-0.05, 0) is 44.2 Å². The molecule has 1 fully saturated rings. The first-order valence-electron chi connectivity index (χ1n) is 10.5. The number of hydrogen-bond donors (Lipinski definition) is 0. The van der Waals surface area contributed by atoms with E-state index in [9.17, 15) is 8.42 Å². The standard InChI is InChI=1S/C21H26N6O4S/c1-3-30-17-6-7-19(18(16-17)31-4-2)32(28,29)26-14-12-25(13-15-26)20-8-9-21(24-23-20)27-11-5-10-22-27/h5-11,16H,3-4,12-15H2,1-2H3. The molecule has 0 amide bonds. The number of hydrogen-bond acceptors (Lipinski definition) is 8. The van der Waals surface area contributed by atoms with Gasteiger partial charge in [0.2, 0.25) is 10.0 Å². The van der Waals surface area contributed by atoms with E-state index in [2.05, 4.69) is 15.3 Å². The molecule has 10 nitrogen and oxygen atoms in total. The minimum Gasteiger partial charge on any atom is -0.494 e. The van der Waals surface area contributed by atoms with E-state index in [1.165, 1.54) is 4.31 Å². The maximum atomic E-state index is 13.3. The van der Waals surface area contributed by atoms with Gasteiger partial charge in [-0.1, -0.05) is 0 Å². The largest absolute Gasteiger partial charge is 0.494 e. The van der Waals surface area contributed by atoms with Gasteiger partial charge >= 0.3 is 0 Å². The number of rotatable bonds is 8. The SMILES string of the molecule is CCOc1ccc(S(=O)(=O)N2CCN(c3ccc(-n4cccn4)nn3)CC2)c(OCC)c1. The fraction of sp³-hybridized carbons (Fsp3) is 0.381. The molecule has 1 aliphatic heterocycles. The van der Waals surface area contributed by atoms with Crippen LogP contribution in [-0.4, -0.2) is 72.1 Å². The summed E-state index contributed by atoms with van der Waals surface area (Å²) in [6, 6.07) is 10.4. The molecule has 0 unspecified atom stereocenters. The predicted molar refractivity (Wildman–Crippen MR) is 119 cm³/mol. The van der Waals surface area contributed by atoms with Crippen molar-refractivity contribution in [2.24, 2.45) is 0 Å². The Morgan fingerprint density at radius 1 is 0.938 bits per heavy atom. The van der Waals surface area contributed by atoms with Crippen molar-refractivity contribution >= 4 is 15.8 Å². The summed E-state index contributed by atoms with van der Waals surface area (Å²) < 4.78 is 40.9. The van der Waals surface area contributed by atoms with Crippen molar-refractivity contribution in [3.05, 3.63) is 48.8 Å². The highest BCUT2D eigenvalue weighted by Gasteiger charge is 2.31. The van der Waals surface area contributed by atoms with Gasteiger partial charge in [0.25, 0.3) is 0 Å². The molecule has 4 rings (SSSR count). The highest BCUT2D eigenvalue weighted by atomic mass is 32.2. The van der Waals surface area contributed by atoms with Crippen LogP contribution < -0.4 is 14.4 Å². The van der Waals surface area contributed by atoms with E-state index in [4.69, 9.17) is 9.47 Å². The molecule has 3 aromatic rings. The van der Waals surface area contributed by atoms with Crippen molar-refractivity contribution in [3.63, 3.8) is 0 Å². The smallest absolute Gasteiger partial charge is 0.246 e. The van der Waals surface area contributed by atoms with Crippen LogP contribution in [0.4, 0.5) is 5.82 Å². The van der Waals surface area contributed by atoms with Crippen LogP contribution in [0.5, 0.6) is 11.5 Å². The van der Waals surface area contributed by atoms with Crippen LogP contribution in [0.3, 0.4) is 0 Å². The Morgan fingerprint density at radius 3 is 2.28 bits per heavy atom. The van der Waals surface area contributed by atoms with Crippen molar-refractivity contribution in [1.29, 1.82) is 0 Å². The molecule has 0 spiro atoms. The van der Waals surface area contributed by atoms with Crippen LogP contribution in [0.1, 0.15) is 13.8 Å². The number of sulfonamides is 1. The Labute approximate surface area is 187 Å². The second-order valence-corrected chi connectivity index (χ2v) is 8.97. The maximum Gasteiger partial charge on any atom is 0.246 e. The molecule has 0 radical (unpaired) electrons. The lowest BCUT2D eigenvalue weighted by Gasteiger charge is -2.34. The molecular formula is C21H26N6O4S. The number of anilines is 1. The van der Waals surface area contributed by atoms with Gasteiger partial charge in [0.05, 0.1) is 13.2 Å². The highest BCUT2D eigenvalue weighted by molar-refractivity contribution is 7.89. The Kier molecular flexibility index (Phi) is 6.56. The van der Waals surface area contributed by atoms with Crippen LogP contribution >= 0.6 is 0 Å². The summed E-state index contributed by atoms with van der Waals surface area (Å²) in [6.07, 6.45) is 3.47. The summed E-state index contributed by atoms with van der Waals surface area (Å²) in [5, 5.41) is 12.6. The summed E-state index contributed by atoms with van der Waals surface area (Å²) in [4.78, 5) is 2.17. The van der Waals surface area contributed by atoms with Crippen LogP contribution in [0.15, 0.2) is 53.7 Å². The van der Waals surface area contributed by atoms with Gasteiger partial charge in [-0.2, -0.15) is 9.40 Å². The van der Waals surface area contributed by atoms with E-state index in [-0.39, 0.29) is 4.90 Å². The molecule has 0 bridgehead atoms. The third kappa shape index (κ3) is 4.53. The Morgan fingerprint density at radius 2 is 1.66 bits per heavy atom. The second-order valence-electron chi connectivity index (χ2n) is 7.07. The first kappa shape index (κ1) is 22.0. The van der Waals surface area contributed by atoms with Crippen molar-refractivity contribution < 1.29 is 17.9 Å². The fourth-order valence-electron chi connectivity index (χ4n) is 3.54. The Bertz CT molecular complexity index is 1130. The molecule has 3 heterocycles. The molecule has 2 aromatic heterocycles. The van der Waals surface area contributed by atoms with Gasteiger partial charge in [0.15, 0.2) is 11.6 Å². The predicted octanol–water partition coefficient (Wildman–Crippen LogP) is 1.97. The van der Waals surface area contributed by atoms with E-state index >= 15 is 0 Å². The average molecular weight is 459 g/mol. The van der Waals surface area contributed by atoms with Crippen molar-refractivity contribution in [1.82, 2.24) is 24.3 Å². The summed E-state index contributed by atoms with van der Waals surface area (Å²) in [6.45, 7) is 6.24. The van der Waals surface area contributed by atoms with E-state index in [0.29, 0.717) is 62.5 Å². The molecule has 1 aromatic carbocycles. The minimum absolute atomic E-state index is 0.152. The van der Waals surface area contributed by atoms with Crippen LogP contribution in [0, 0.1) is 0 Å². The third-order valence-electron chi connectivity index (χ3n) is 5.08. The minimum atomic E-state index is -3.71. The highest BCUT2D eigenvalue weighted by Crippen LogP contribution is 2.31. The monoisotopic (exact) mass is 458 g/mol. The Hall–Kier alpha value is -3.18. The van der Waals surface area contributed by atoms with Crippen LogP contribution in [0.25, 0.3) is 5.82 Å². The second kappa shape index (κ2) is 9.53. The molecule has 11 heteroatoms. The lowest BCUT2D eigenvalue weighted by molar-refractivity contribution is 0.314. The van der Waals surface area contributed by atoms with Gasteiger partial charge in [-0.25, -0.2) is 13.1 Å². The van der Waals surface area contributed by atoms with Crippen LogP contribution in [-0.2, 0) is 10.0 Å². The maximum absolute atomic E-state index is 13.3. The summed E-state index contributed by atoms with van der Waals surface area (Å²) in [5.74, 6) is 2.21. The molecular weight excluding hydrogens is 432 g/mol. The summed E-state index contributed by atoms with van der Waals surface area (Å²) in [7, 11) is -3.71. The number of piperazine rings is 1. The summed E-state index contributed by atoms with van der Waals surface area (Å²) in [5.41, 5.74) is 0. The molecule has 170 valence electrons. The van der Waals surface area contributed by atoms with Crippen molar-refractivity contribution in [2.45, 2.75) is 18.7 Å². The first-order valence-corrected chi connectivity index (χ1v) is 12.0. The molecule has 0 aliphatic carbocycles. The van der Waals surface area contributed by atoms with Crippen LogP contribution in [0.2, 0.25) is 0 Å². The number of ether oxygens (including phenoxy) is 2. The number of aromatic nitrogens is 4. The first-order chi connectivity index (χ1) is 15.5. The lowest BCUT2D eigenvalue weighted by Crippen LogP contribution is -2.49. The molecule has 0 saturated carbocycles. The molecule has 1 aliphatic rings. The number of benzene rings is 1. The lowest BCUT2D eigenvalue weighted by atomic mass is 10.3. The van der Waals surface area contributed by atoms with Gasteiger partial charge in [0.1, 0.15) is 16.4 Å². The van der Waals surface area contributed by atoms with E-state index in [1.54, 1.807) is 35.3 Å². The summed E-state index contributed by atoms with van der Waals surface area (Å²) >= 11 is 0. The van der Waals surface area contributed by atoms with Crippen molar-refractivity contribution in [3.8, 4) is 17.3 Å². The zero-order valence-electron chi connectivity index (χ0n) is 18.1. The van der Waals surface area contributed by atoms with E-state index in [0.717, 1.165) is 0 Å². The molecule has 0 N–H and O–H groups in total. The van der Waals surface area contributed by atoms with E-state index in [1.807, 2.05) is 36.9 Å². The quantitative estimate of drug-likeness (QED) is 0.505. The Balaban J connectivity index is 1.46. The normalized spacial score (nSPS) is 15.0. The number of nitrogens with zero attached hydrogens (tertiary/aromatic N) is 6. The topological polar surface area (TPSA) is 103 Å². The molecule has 0 atom stereocenters. The average Bonchev–Trinajstić information content (AvgIpc) is 3.35. The fourth-order valence-corrected chi connectivity index (χ4v) is 5.07. The molecule has 32 heavy (non-hydrogen) atoms. The molecule has 1 saturated heterocycles. The zero-order chi connectivity index (χ0) is 22.6. The van der Waals surface area contributed by atoms with Crippen molar-refractivity contribution in [2.75, 3.05) is 44.3 Å². The van der Waals surface area contributed by atoms with Gasteiger partial charge in [0, 0.05) is 44.6 Å². The zero-order valence-corrected chi connectivity index (χ0v) is 18.9. The van der Waals surface area contributed by atoms with Gasteiger partial charge < -0.3 is 14.4 Å².